The Morgan fingerprint density at radius 1 is 0.787 bits per heavy atom. The number of hydrogen-bond donors (Lipinski definition) is 3. The van der Waals surface area contributed by atoms with Crippen LogP contribution in [0, 0.1) is 21.5 Å². The molecule has 0 unspecified atom stereocenters. The number of Topliss-reactive ketones (excluding diaryl/α,β-unsaturated/α-hetero) is 2. The standard InChI is InChI=1S/C13H15IN2.C8H6BrIO.C8H7IO.C5H12N2.Br2.ClH/c1-13(2,3)12-15-8-11(16-12)9-4-6-10(14)7-5-9;9-5-8(11)6-1-3-7(10)4-2-6;1-6(10)7-2-4-8(9)5-3-7;1-5(2,3)4(6)7;1-2;/h4-8H,1-3H3,(H,15,16);1-4H,5H2;2-5H,1H3;1-3H3,(H3,6,7);;1H. The zero-order valence-corrected chi connectivity index (χ0v) is 39.3. The predicted octanol–water partition coefficient (Wildman–Crippen LogP) is 12.4. The first-order valence-corrected chi connectivity index (χ1v) is 21.8. The molecule has 0 aliphatic rings. The van der Waals surface area contributed by atoms with Crippen LogP contribution in [0.2, 0.25) is 0 Å². The molecule has 0 atom stereocenters. The Labute approximate surface area is 350 Å². The monoisotopic (exact) mass is 1190 g/mol. The molecular formula is C34H41Br3ClI3N4O2. The van der Waals surface area contributed by atoms with Crippen LogP contribution in [0.25, 0.3) is 11.3 Å². The number of rotatable bonds is 4. The highest BCUT2D eigenvalue weighted by molar-refractivity contribution is 14.1. The van der Waals surface area contributed by atoms with Crippen LogP contribution in [0.15, 0.2) is 79.0 Å². The van der Waals surface area contributed by atoms with Crippen LogP contribution in [-0.4, -0.2) is 32.7 Å². The summed E-state index contributed by atoms with van der Waals surface area (Å²) in [6.07, 6.45) is 1.91. The lowest BCUT2D eigenvalue weighted by Gasteiger charge is -2.14. The number of aromatic amines is 1. The van der Waals surface area contributed by atoms with E-state index in [1.807, 2.05) is 75.5 Å². The molecule has 0 bridgehead atoms. The number of halogens is 7. The van der Waals surface area contributed by atoms with Crippen LogP contribution >= 0.6 is 124 Å². The molecule has 1 aromatic heterocycles. The van der Waals surface area contributed by atoms with Crippen molar-refractivity contribution in [3.63, 3.8) is 0 Å². The number of H-pyrrole nitrogens is 1. The molecule has 258 valence electrons. The molecule has 3 aromatic carbocycles. The van der Waals surface area contributed by atoms with Crippen LogP contribution in [0.3, 0.4) is 0 Å². The zero-order chi connectivity index (χ0) is 35.7. The van der Waals surface area contributed by atoms with Gasteiger partial charge in [-0.1, -0.05) is 93.9 Å². The Morgan fingerprint density at radius 2 is 1.15 bits per heavy atom. The minimum atomic E-state index is -0.139. The summed E-state index contributed by atoms with van der Waals surface area (Å²) >= 11 is 15.3. The molecule has 4 N–H and O–H groups in total. The normalized spacial score (nSPS) is 10.1. The van der Waals surface area contributed by atoms with Gasteiger partial charge in [-0.2, -0.15) is 0 Å². The molecular weight excluding hydrogens is 1150 g/mol. The first kappa shape index (κ1) is 48.7. The van der Waals surface area contributed by atoms with Gasteiger partial charge in [0.2, 0.25) is 0 Å². The van der Waals surface area contributed by atoms with Crippen molar-refractivity contribution in [2.45, 2.75) is 53.9 Å². The molecule has 0 spiro atoms. The maximum absolute atomic E-state index is 11.1. The van der Waals surface area contributed by atoms with E-state index in [0.717, 1.165) is 29.8 Å². The second-order valence-electron chi connectivity index (χ2n) is 11.7. The minimum absolute atomic E-state index is 0. The summed E-state index contributed by atoms with van der Waals surface area (Å²) in [7, 11) is 0. The largest absolute Gasteiger partial charge is 0.387 e. The summed E-state index contributed by atoms with van der Waals surface area (Å²) in [5.41, 5.74) is 8.90. The first-order chi connectivity index (χ1) is 21.3. The predicted molar refractivity (Wildman–Crippen MR) is 238 cm³/mol. The number of benzene rings is 3. The third-order valence-corrected chi connectivity index (χ3v) is 8.45. The molecule has 0 aliphatic heterocycles. The maximum Gasteiger partial charge on any atom is 0.173 e. The molecule has 13 heteroatoms. The Hall–Kier alpha value is -0.400. The van der Waals surface area contributed by atoms with Gasteiger partial charge in [-0.05, 0) is 117 Å². The topological polar surface area (TPSA) is 113 Å². The highest BCUT2D eigenvalue weighted by Crippen LogP contribution is 2.24. The fourth-order valence-electron chi connectivity index (χ4n) is 2.88. The van der Waals surface area contributed by atoms with Gasteiger partial charge in [-0.3, -0.25) is 15.0 Å². The molecule has 0 amide bonds. The lowest BCUT2D eigenvalue weighted by molar-refractivity contribution is 0.101. The van der Waals surface area contributed by atoms with Crippen molar-refractivity contribution in [3.8, 4) is 11.3 Å². The highest BCUT2D eigenvalue weighted by Gasteiger charge is 2.17. The molecule has 0 fully saturated rings. The molecule has 4 aromatic rings. The van der Waals surface area contributed by atoms with E-state index in [0.29, 0.717) is 5.33 Å². The second kappa shape index (κ2) is 24.7. The van der Waals surface area contributed by atoms with Gasteiger partial charge >= 0.3 is 0 Å². The van der Waals surface area contributed by atoms with Crippen molar-refractivity contribution in [1.82, 2.24) is 9.97 Å². The number of ketones is 2. The molecule has 0 radical (unpaired) electrons. The number of alkyl halides is 1. The van der Waals surface area contributed by atoms with Crippen molar-refractivity contribution in [2.75, 3.05) is 5.33 Å². The SMILES string of the molecule is BrBr.CC(=O)c1ccc(I)cc1.CC(C)(C)C(=N)N.CC(C)(C)c1ncc(-c2ccc(I)cc2)[nH]1.Cl.O=C(CBr)c1ccc(I)cc1. The molecule has 6 nitrogen and oxygen atoms in total. The van der Waals surface area contributed by atoms with Crippen LogP contribution < -0.4 is 5.73 Å². The smallest absolute Gasteiger partial charge is 0.173 e. The van der Waals surface area contributed by atoms with Gasteiger partial charge in [-0.15, -0.1) is 12.4 Å². The van der Waals surface area contributed by atoms with E-state index in [2.05, 4.69) is 167 Å². The van der Waals surface area contributed by atoms with Gasteiger partial charge in [0.1, 0.15) is 5.82 Å². The Bertz CT molecular complexity index is 1500. The average Bonchev–Trinajstić information content (AvgIpc) is 3.51. The van der Waals surface area contributed by atoms with Crippen LogP contribution in [0.1, 0.15) is 75.0 Å². The van der Waals surface area contributed by atoms with Crippen molar-refractivity contribution < 1.29 is 9.59 Å². The molecule has 0 saturated carbocycles. The average molecular weight is 1190 g/mol. The lowest BCUT2D eigenvalue weighted by Crippen LogP contribution is -2.27. The number of imidazole rings is 1. The number of aromatic nitrogens is 2. The minimum Gasteiger partial charge on any atom is -0.387 e. The fourth-order valence-corrected chi connectivity index (χ4v) is 4.28. The van der Waals surface area contributed by atoms with Gasteiger partial charge in [0.05, 0.1) is 23.1 Å². The number of nitrogens with zero attached hydrogens (tertiary/aromatic N) is 1. The lowest BCUT2D eigenvalue weighted by atomic mass is 9.96. The summed E-state index contributed by atoms with van der Waals surface area (Å²) in [6.45, 7) is 13.8. The van der Waals surface area contributed by atoms with E-state index in [1.54, 1.807) is 6.92 Å². The van der Waals surface area contributed by atoms with Gasteiger partial charge in [-0.25, -0.2) is 4.98 Å². The quantitative estimate of drug-likeness (QED) is 0.0621. The molecule has 0 aliphatic carbocycles. The van der Waals surface area contributed by atoms with E-state index < -0.39 is 0 Å². The van der Waals surface area contributed by atoms with Crippen molar-refractivity contribution in [2.24, 2.45) is 11.1 Å². The molecule has 47 heavy (non-hydrogen) atoms. The molecule has 1 heterocycles. The third-order valence-electron chi connectivity index (χ3n) is 5.79. The van der Waals surface area contributed by atoms with Crippen LogP contribution in [-0.2, 0) is 5.41 Å². The van der Waals surface area contributed by atoms with Crippen LogP contribution in [0.5, 0.6) is 0 Å². The first-order valence-electron chi connectivity index (χ1n) is 13.8. The maximum atomic E-state index is 11.1. The number of nitrogens with one attached hydrogen (secondary N) is 2. The van der Waals surface area contributed by atoms with Gasteiger partial charge in [0, 0.05) is 60.9 Å². The number of amidine groups is 1. The molecule has 0 saturated heterocycles. The van der Waals surface area contributed by atoms with Crippen LogP contribution in [0.4, 0.5) is 0 Å². The number of carbonyl (C=O) groups is 2. The highest BCUT2D eigenvalue weighted by atomic mass is 127. The summed E-state index contributed by atoms with van der Waals surface area (Å²) in [6, 6.07) is 23.5. The molecule has 4 rings (SSSR count). The fraction of sp³-hybridized carbons (Fsp3) is 0.294. The van der Waals surface area contributed by atoms with E-state index in [4.69, 9.17) is 11.1 Å². The van der Waals surface area contributed by atoms with Gasteiger partial charge in [0.25, 0.3) is 0 Å². The summed E-state index contributed by atoms with van der Waals surface area (Å²) in [5.74, 6) is 1.52. The second-order valence-corrected chi connectivity index (χ2v) is 16.0. The Balaban J connectivity index is 0. The van der Waals surface area contributed by atoms with E-state index in [9.17, 15) is 9.59 Å². The number of hydrogen-bond acceptors (Lipinski definition) is 4. The Kier molecular flexibility index (Phi) is 25.6. The summed E-state index contributed by atoms with van der Waals surface area (Å²) in [5, 5.41) is 7.32. The number of nitrogens with two attached hydrogens (primary N) is 1. The van der Waals surface area contributed by atoms with Gasteiger partial charge in [0.15, 0.2) is 11.6 Å². The number of carbonyl (C=O) groups excluding carboxylic acids is 2. The summed E-state index contributed by atoms with van der Waals surface area (Å²) in [4.78, 5) is 29.6. The van der Waals surface area contributed by atoms with E-state index in [-0.39, 0.29) is 40.6 Å². The van der Waals surface area contributed by atoms with Crippen molar-refractivity contribution in [1.29, 1.82) is 5.41 Å². The van der Waals surface area contributed by atoms with Crippen molar-refractivity contribution >= 4 is 142 Å². The van der Waals surface area contributed by atoms with E-state index in [1.165, 1.54) is 9.13 Å². The third kappa shape index (κ3) is 20.8. The summed E-state index contributed by atoms with van der Waals surface area (Å²) < 4.78 is 3.55. The van der Waals surface area contributed by atoms with E-state index >= 15 is 0 Å². The zero-order valence-electron chi connectivity index (χ0n) is 27.2. The Morgan fingerprint density at radius 3 is 1.45 bits per heavy atom. The van der Waals surface area contributed by atoms with Gasteiger partial charge < -0.3 is 10.7 Å². The van der Waals surface area contributed by atoms with Crippen molar-refractivity contribution in [3.05, 3.63) is 107 Å².